The molecular formula is C19H23N3O. The van der Waals surface area contributed by atoms with E-state index in [9.17, 15) is 0 Å². The second kappa shape index (κ2) is 5.85. The van der Waals surface area contributed by atoms with Gasteiger partial charge in [0.2, 0.25) is 0 Å². The predicted octanol–water partition coefficient (Wildman–Crippen LogP) is 3.11. The molecule has 23 heavy (non-hydrogen) atoms. The SMILES string of the molecule is COc1ccc(CN2CCc3nc(N)c(C4CC4)cc3C2)cc1. The van der Waals surface area contributed by atoms with Crippen molar-refractivity contribution in [3.05, 3.63) is 52.7 Å². The summed E-state index contributed by atoms with van der Waals surface area (Å²) >= 11 is 0. The Bertz CT molecular complexity index is 707. The molecule has 1 aliphatic heterocycles. The van der Waals surface area contributed by atoms with Crippen LogP contribution in [0.5, 0.6) is 5.75 Å². The Kier molecular flexibility index (Phi) is 3.69. The smallest absolute Gasteiger partial charge is 0.127 e. The molecule has 0 bridgehead atoms. The lowest BCUT2D eigenvalue weighted by atomic mass is 10.0. The van der Waals surface area contributed by atoms with E-state index in [1.807, 2.05) is 12.1 Å². The molecule has 2 aromatic rings. The van der Waals surface area contributed by atoms with Gasteiger partial charge in [-0.15, -0.1) is 0 Å². The number of anilines is 1. The fourth-order valence-electron chi connectivity index (χ4n) is 3.41. The number of rotatable bonds is 4. The Hall–Kier alpha value is -2.07. The molecule has 0 unspecified atom stereocenters. The molecule has 120 valence electrons. The van der Waals surface area contributed by atoms with Crippen LogP contribution < -0.4 is 10.5 Å². The quantitative estimate of drug-likeness (QED) is 0.943. The number of pyridine rings is 1. The van der Waals surface area contributed by atoms with E-state index < -0.39 is 0 Å². The lowest BCUT2D eigenvalue weighted by Crippen LogP contribution is -2.31. The van der Waals surface area contributed by atoms with Gasteiger partial charge in [-0.2, -0.15) is 0 Å². The van der Waals surface area contributed by atoms with Crippen LogP contribution in [0.1, 0.15) is 41.1 Å². The Morgan fingerprint density at radius 3 is 2.74 bits per heavy atom. The van der Waals surface area contributed by atoms with E-state index in [2.05, 4.69) is 28.1 Å². The maximum Gasteiger partial charge on any atom is 0.127 e. The summed E-state index contributed by atoms with van der Waals surface area (Å²) in [6, 6.07) is 10.7. The van der Waals surface area contributed by atoms with Crippen molar-refractivity contribution in [1.82, 2.24) is 9.88 Å². The lowest BCUT2D eigenvalue weighted by molar-refractivity contribution is 0.243. The first-order valence-corrected chi connectivity index (χ1v) is 8.36. The van der Waals surface area contributed by atoms with Crippen molar-refractivity contribution >= 4 is 5.82 Å². The fourth-order valence-corrected chi connectivity index (χ4v) is 3.41. The molecule has 1 fully saturated rings. The first-order chi connectivity index (χ1) is 11.2. The highest BCUT2D eigenvalue weighted by Gasteiger charge is 2.28. The Balaban J connectivity index is 1.50. The number of hydrogen-bond acceptors (Lipinski definition) is 4. The second-order valence-corrected chi connectivity index (χ2v) is 6.65. The number of fused-ring (bicyclic) bond motifs is 1. The number of nitrogen functional groups attached to an aromatic ring is 1. The topological polar surface area (TPSA) is 51.4 Å². The van der Waals surface area contributed by atoms with Crippen molar-refractivity contribution in [3.8, 4) is 5.75 Å². The molecular weight excluding hydrogens is 286 g/mol. The third-order valence-corrected chi connectivity index (χ3v) is 4.89. The van der Waals surface area contributed by atoms with Crippen molar-refractivity contribution in [1.29, 1.82) is 0 Å². The Morgan fingerprint density at radius 1 is 1.26 bits per heavy atom. The normalized spacial score (nSPS) is 17.8. The Labute approximate surface area is 137 Å². The van der Waals surface area contributed by atoms with Gasteiger partial charge in [0.25, 0.3) is 0 Å². The van der Waals surface area contributed by atoms with E-state index in [-0.39, 0.29) is 0 Å². The molecule has 1 aliphatic carbocycles. The highest BCUT2D eigenvalue weighted by molar-refractivity contribution is 5.48. The van der Waals surface area contributed by atoms with Gasteiger partial charge in [-0.1, -0.05) is 12.1 Å². The van der Waals surface area contributed by atoms with Crippen molar-refractivity contribution in [2.45, 2.75) is 38.3 Å². The van der Waals surface area contributed by atoms with Gasteiger partial charge in [0, 0.05) is 31.7 Å². The number of hydrogen-bond donors (Lipinski definition) is 1. The van der Waals surface area contributed by atoms with Crippen LogP contribution in [0.3, 0.4) is 0 Å². The van der Waals surface area contributed by atoms with Crippen LogP contribution in [0.4, 0.5) is 5.82 Å². The minimum absolute atomic E-state index is 0.657. The summed E-state index contributed by atoms with van der Waals surface area (Å²) in [4.78, 5) is 7.16. The minimum Gasteiger partial charge on any atom is -0.497 e. The van der Waals surface area contributed by atoms with Crippen molar-refractivity contribution in [3.63, 3.8) is 0 Å². The summed E-state index contributed by atoms with van der Waals surface area (Å²) in [6.07, 6.45) is 3.51. The molecule has 4 heteroatoms. The molecule has 2 aliphatic rings. The molecule has 1 saturated carbocycles. The first-order valence-electron chi connectivity index (χ1n) is 8.36. The summed E-state index contributed by atoms with van der Waals surface area (Å²) in [5.74, 6) is 2.33. The second-order valence-electron chi connectivity index (χ2n) is 6.65. The number of nitrogens with two attached hydrogens (primary N) is 1. The molecule has 1 aromatic heterocycles. The monoisotopic (exact) mass is 309 g/mol. The van der Waals surface area contributed by atoms with Crippen LogP contribution in [-0.2, 0) is 19.5 Å². The molecule has 1 aromatic carbocycles. The molecule has 0 spiro atoms. The van der Waals surface area contributed by atoms with E-state index in [1.54, 1.807) is 7.11 Å². The van der Waals surface area contributed by atoms with E-state index >= 15 is 0 Å². The van der Waals surface area contributed by atoms with E-state index in [4.69, 9.17) is 10.5 Å². The Morgan fingerprint density at radius 2 is 2.04 bits per heavy atom. The van der Waals surface area contributed by atoms with Crippen LogP contribution in [-0.4, -0.2) is 23.5 Å². The summed E-state index contributed by atoms with van der Waals surface area (Å²) in [6.45, 7) is 2.97. The van der Waals surface area contributed by atoms with Gasteiger partial charge in [0.05, 0.1) is 7.11 Å². The maximum absolute atomic E-state index is 6.13. The van der Waals surface area contributed by atoms with Gasteiger partial charge in [0.15, 0.2) is 0 Å². The zero-order valence-corrected chi connectivity index (χ0v) is 13.6. The first kappa shape index (κ1) is 14.5. The number of aromatic nitrogens is 1. The van der Waals surface area contributed by atoms with E-state index in [1.165, 1.54) is 35.2 Å². The largest absolute Gasteiger partial charge is 0.497 e. The van der Waals surface area contributed by atoms with Gasteiger partial charge >= 0.3 is 0 Å². The highest BCUT2D eigenvalue weighted by atomic mass is 16.5. The summed E-state index contributed by atoms with van der Waals surface area (Å²) in [7, 11) is 1.70. The number of benzene rings is 1. The molecule has 2 heterocycles. The summed E-state index contributed by atoms with van der Waals surface area (Å²) < 4.78 is 5.22. The average Bonchev–Trinajstić information content (AvgIpc) is 3.40. The highest BCUT2D eigenvalue weighted by Crippen LogP contribution is 2.43. The van der Waals surface area contributed by atoms with Gasteiger partial charge in [-0.05, 0) is 53.6 Å². The average molecular weight is 309 g/mol. The third-order valence-electron chi connectivity index (χ3n) is 4.89. The van der Waals surface area contributed by atoms with Gasteiger partial charge in [0.1, 0.15) is 11.6 Å². The number of methoxy groups -OCH3 is 1. The predicted molar refractivity (Wildman–Crippen MR) is 91.4 cm³/mol. The fraction of sp³-hybridized carbons (Fsp3) is 0.421. The minimum atomic E-state index is 0.657. The molecule has 4 nitrogen and oxygen atoms in total. The number of ether oxygens (including phenoxy) is 1. The van der Waals surface area contributed by atoms with Crippen molar-refractivity contribution in [2.75, 3.05) is 19.4 Å². The van der Waals surface area contributed by atoms with Crippen LogP contribution in [0.25, 0.3) is 0 Å². The molecule has 0 radical (unpaired) electrons. The lowest BCUT2D eigenvalue weighted by Gasteiger charge is -2.29. The van der Waals surface area contributed by atoms with Crippen molar-refractivity contribution < 1.29 is 4.74 Å². The van der Waals surface area contributed by atoms with Crippen LogP contribution in [0.2, 0.25) is 0 Å². The molecule has 4 rings (SSSR count). The summed E-state index contributed by atoms with van der Waals surface area (Å²) in [5, 5.41) is 0. The third kappa shape index (κ3) is 3.04. The molecule has 2 N–H and O–H groups in total. The van der Waals surface area contributed by atoms with E-state index in [0.717, 1.165) is 37.6 Å². The summed E-state index contributed by atoms with van der Waals surface area (Å²) in [5.41, 5.74) is 11.3. The van der Waals surface area contributed by atoms with Gasteiger partial charge in [-0.3, -0.25) is 4.90 Å². The molecule has 0 atom stereocenters. The van der Waals surface area contributed by atoms with Crippen LogP contribution >= 0.6 is 0 Å². The maximum atomic E-state index is 6.13. The molecule has 0 amide bonds. The zero-order chi connectivity index (χ0) is 15.8. The molecule has 0 saturated heterocycles. The van der Waals surface area contributed by atoms with Crippen LogP contribution in [0, 0.1) is 0 Å². The number of nitrogens with zero attached hydrogens (tertiary/aromatic N) is 2. The standard InChI is InChI=1S/C19H23N3O/c1-23-16-6-2-13(3-7-16)11-22-9-8-18-15(12-22)10-17(14-4-5-14)19(20)21-18/h2-3,6-7,10,14H,4-5,8-9,11-12H2,1H3,(H2,20,21). The van der Waals surface area contributed by atoms with Gasteiger partial charge in [-0.25, -0.2) is 4.98 Å². The van der Waals surface area contributed by atoms with E-state index in [0.29, 0.717) is 5.92 Å². The van der Waals surface area contributed by atoms with Crippen molar-refractivity contribution in [2.24, 2.45) is 0 Å². The van der Waals surface area contributed by atoms with Crippen LogP contribution in [0.15, 0.2) is 30.3 Å². The van der Waals surface area contributed by atoms with Gasteiger partial charge < -0.3 is 10.5 Å². The zero-order valence-electron chi connectivity index (χ0n) is 13.6.